The van der Waals surface area contributed by atoms with E-state index in [-0.39, 0.29) is 24.8 Å². The highest BCUT2D eigenvalue weighted by Gasteiger charge is 2.30. The number of carboxylic acids is 1. The number of nitrogens with one attached hydrogen (secondary N) is 1. The molecule has 9 heteroatoms. The highest BCUT2D eigenvalue weighted by Crippen LogP contribution is 2.30. The summed E-state index contributed by atoms with van der Waals surface area (Å²) in [6.07, 6.45) is -0.845. The molecule has 0 aliphatic rings. The van der Waals surface area contributed by atoms with Crippen LogP contribution in [-0.4, -0.2) is 51.6 Å². The van der Waals surface area contributed by atoms with Gasteiger partial charge in [-0.25, -0.2) is 4.79 Å². The first-order valence-electron chi connectivity index (χ1n) is 13.9. The summed E-state index contributed by atoms with van der Waals surface area (Å²) in [4.78, 5) is 25.3. The molecule has 1 aromatic heterocycles. The van der Waals surface area contributed by atoms with E-state index < -0.39 is 29.6 Å². The maximum atomic E-state index is 13.1. The summed E-state index contributed by atoms with van der Waals surface area (Å²) in [5, 5.41) is 24.7. The maximum absolute atomic E-state index is 13.1. The average molecular weight is 574 g/mol. The first-order chi connectivity index (χ1) is 19.9. The number of anilines is 1. The van der Waals surface area contributed by atoms with Crippen molar-refractivity contribution in [2.75, 3.05) is 18.9 Å². The highest BCUT2D eigenvalue weighted by atomic mass is 16.6. The van der Waals surface area contributed by atoms with Gasteiger partial charge in [0, 0.05) is 35.7 Å². The smallest absolute Gasteiger partial charge is 0.352 e. The molecule has 1 heterocycles. The molecule has 0 fully saturated rings. The predicted molar refractivity (Wildman–Crippen MR) is 163 cm³/mol. The van der Waals surface area contributed by atoms with Gasteiger partial charge < -0.3 is 35.3 Å². The Bertz CT molecular complexity index is 1510. The van der Waals surface area contributed by atoms with Gasteiger partial charge in [0.2, 0.25) is 0 Å². The van der Waals surface area contributed by atoms with Crippen LogP contribution in [-0.2, 0) is 16.1 Å². The number of carboxylic acid groups (broad SMARTS) is 1. The summed E-state index contributed by atoms with van der Waals surface area (Å²) in [6, 6.07) is 23.3. The fourth-order valence-corrected chi connectivity index (χ4v) is 4.78. The topological polar surface area (TPSA) is 136 Å². The first-order valence-corrected chi connectivity index (χ1v) is 13.9. The largest absolute Gasteiger partial charge is 0.491 e. The molecule has 0 bridgehead atoms. The van der Waals surface area contributed by atoms with Crippen LogP contribution in [0.5, 0.6) is 5.75 Å². The Kier molecular flexibility index (Phi) is 9.55. The van der Waals surface area contributed by atoms with E-state index >= 15 is 0 Å². The number of rotatable bonds is 12. The van der Waals surface area contributed by atoms with Crippen LogP contribution in [0.15, 0.2) is 78.9 Å². The number of aliphatic hydroxyl groups is 1. The van der Waals surface area contributed by atoms with E-state index in [4.69, 9.17) is 15.2 Å². The number of nitrogens with two attached hydrogens (primary N) is 1. The van der Waals surface area contributed by atoms with E-state index in [0.717, 1.165) is 22.0 Å². The minimum atomic E-state index is -1.04. The molecule has 42 heavy (non-hydrogen) atoms. The molecule has 3 unspecified atom stereocenters. The molecule has 0 saturated carbocycles. The van der Waals surface area contributed by atoms with Gasteiger partial charge in [0.15, 0.2) is 0 Å². The third-order valence-corrected chi connectivity index (χ3v) is 6.86. The minimum Gasteiger partial charge on any atom is -0.491 e. The second-order valence-corrected chi connectivity index (χ2v) is 11.5. The molecule has 4 aromatic rings. The summed E-state index contributed by atoms with van der Waals surface area (Å²) in [5.41, 5.74) is 8.35. The van der Waals surface area contributed by atoms with Crippen LogP contribution in [0.3, 0.4) is 0 Å². The lowest BCUT2D eigenvalue weighted by molar-refractivity contribution is -0.160. The van der Waals surface area contributed by atoms with Crippen molar-refractivity contribution < 1.29 is 29.3 Å². The number of aromatic carboxylic acids is 1. The van der Waals surface area contributed by atoms with E-state index in [2.05, 4.69) is 5.32 Å². The number of aliphatic hydroxyl groups excluding tert-OH is 1. The second-order valence-electron chi connectivity index (χ2n) is 11.5. The van der Waals surface area contributed by atoms with E-state index in [9.17, 15) is 19.8 Å². The Labute approximate surface area is 245 Å². The first kappa shape index (κ1) is 30.6. The van der Waals surface area contributed by atoms with Crippen molar-refractivity contribution in [3.8, 4) is 5.75 Å². The summed E-state index contributed by atoms with van der Waals surface area (Å²) in [7, 11) is 0. The van der Waals surface area contributed by atoms with Gasteiger partial charge in [-0.3, -0.25) is 4.79 Å². The minimum absolute atomic E-state index is 0.0690. The molecule has 0 radical (unpaired) electrons. The third kappa shape index (κ3) is 7.90. The zero-order valence-corrected chi connectivity index (χ0v) is 24.4. The van der Waals surface area contributed by atoms with Crippen molar-refractivity contribution in [1.29, 1.82) is 0 Å². The summed E-state index contributed by atoms with van der Waals surface area (Å²) in [6.45, 7) is 7.79. The molecule has 0 saturated heterocycles. The number of benzene rings is 3. The molecule has 5 N–H and O–H groups in total. The number of fused-ring (bicyclic) bond motifs is 1. The van der Waals surface area contributed by atoms with Gasteiger partial charge in [-0.2, -0.15) is 0 Å². The lowest BCUT2D eigenvalue weighted by Crippen LogP contribution is -2.40. The van der Waals surface area contributed by atoms with Gasteiger partial charge in [0.05, 0.1) is 5.92 Å². The number of aromatic nitrogens is 1. The van der Waals surface area contributed by atoms with E-state index in [1.54, 1.807) is 29.7 Å². The lowest BCUT2D eigenvalue weighted by Gasteiger charge is -2.29. The quantitative estimate of drug-likeness (QED) is 0.137. The number of hydrogen-bond acceptors (Lipinski definition) is 7. The summed E-state index contributed by atoms with van der Waals surface area (Å²) < 4.78 is 13.1. The number of carbonyl (C=O) groups excluding carboxylic acids is 1. The van der Waals surface area contributed by atoms with Crippen molar-refractivity contribution in [3.05, 3.63) is 95.7 Å². The highest BCUT2D eigenvalue weighted by molar-refractivity contribution is 5.95. The number of esters is 1. The molecule has 0 aliphatic carbocycles. The van der Waals surface area contributed by atoms with Crippen LogP contribution in [0.2, 0.25) is 0 Å². The van der Waals surface area contributed by atoms with Crippen LogP contribution in [0.4, 0.5) is 5.69 Å². The molecular formula is C33H39N3O6. The number of para-hydroxylation sites is 1. The monoisotopic (exact) mass is 573 g/mol. The molecule has 222 valence electrons. The Morgan fingerprint density at radius 3 is 2.33 bits per heavy atom. The molecule has 3 aromatic carbocycles. The number of ether oxygens (including phenoxy) is 2. The molecule has 4 rings (SSSR count). The lowest BCUT2D eigenvalue weighted by atomic mass is 9.93. The van der Waals surface area contributed by atoms with Gasteiger partial charge in [-0.15, -0.1) is 0 Å². The predicted octanol–water partition coefficient (Wildman–Crippen LogP) is 5.02. The third-order valence-electron chi connectivity index (χ3n) is 6.86. The van der Waals surface area contributed by atoms with Crippen LogP contribution >= 0.6 is 0 Å². The molecule has 3 atom stereocenters. The Hall–Kier alpha value is -4.34. The number of carbonyl (C=O) groups is 2. The standard InChI is InChI=1S/C33H39N3O6/c1-21(32(40)42-33(2,3)4)30(35-18-26(37)20-41-27-8-6-5-7-9-27)23-12-15-28-24(16-23)17-29(31(38)39)36(28)19-22-10-13-25(34)14-11-22/h5-17,21,26,30,35,37H,18-20,34H2,1-4H3,(H,38,39). The van der Waals surface area contributed by atoms with Gasteiger partial charge in [0.25, 0.3) is 0 Å². The molecular weight excluding hydrogens is 534 g/mol. The van der Waals surface area contributed by atoms with Crippen molar-refractivity contribution in [2.24, 2.45) is 5.92 Å². The van der Waals surface area contributed by atoms with E-state index in [0.29, 0.717) is 18.0 Å². The van der Waals surface area contributed by atoms with Crippen molar-refractivity contribution in [2.45, 2.75) is 52.0 Å². The Balaban J connectivity index is 1.61. The molecule has 0 amide bonds. The van der Waals surface area contributed by atoms with Crippen molar-refractivity contribution in [1.82, 2.24) is 9.88 Å². The summed E-state index contributed by atoms with van der Waals surface area (Å²) >= 11 is 0. The van der Waals surface area contributed by atoms with E-state index in [1.807, 2.05) is 81.4 Å². The van der Waals surface area contributed by atoms with Gasteiger partial charge >= 0.3 is 11.9 Å². The SMILES string of the molecule is CC(C(=O)OC(C)(C)C)C(NCC(O)COc1ccccc1)c1ccc2c(c1)cc(C(=O)O)n2Cc1ccc(N)cc1. The fraction of sp³-hybridized carbons (Fsp3) is 0.333. The van der Waals surface area contributed by atoms with Crippen LogP contribution in [0, 0.1) is 5.92 Å². The maximum Gasteiger partial charge on any atom is 0.352 e. The second kappa shape index (κ2) is 13.1. The number of nitrogen functional groups attached to an aromatic ring is 1. The zero-order valence-electron chi connectivity index (χ0n) is 24.4. The molecule has 0 spiro atoms. The molecule has 9 nitrogen and oxygen atoms in total. The van der Waals surface area contributed by atoms with Crippen LogP contribution in [0.25, 0.3) is 10.9 Å². The summed E-state index contributed by atoms with van der Waals surface area (Å²) in [5.74, 6) is -1.39. The van der Waals surface area contributed by atoms with Crippen LogP contribution < -0.4 is 15.8 Å². The van der Waals surface area contributed by atoms with Crippen molar-refractivity contribution >= 4 is 28.5 Å². The fourth-order valence-electron chi connectivity index (χ4n) is 4.78. The van der Waals surface area contributed by atoms with E-state index in [1.165, 1.54) is 0 Å². The Morgan fingerprint density at radius 1 is 1.00 bits per heavy atom. The van der Waals surface area contributed by atoms with Gasteiger partial charge in [-0.1, -0.05) is 43.3 Å². The number of hydrogen-bond donors (Lipinski definition) is 4. The molecule has 0 aliphatic heterocycles. The van der Waals surface area contributed by atoms with Gasteiger partial charge in [0.1, 0.15) is 29.8 Å². The average Bonchev–Trinajstić information content (AvgIpc) is 3.30. The van der Waals surface area contributed by atoms with Gasteiger partial charge in [-0.05, 0) is 74.4 Å². The Morgan fingerprint density at radius 2 is 1.69 bits per heavy atom. The number of nitrogens with zero attached hydrogens (tertiary/aromatic N) is 1. The van der Waals surface area contributed by atoms with Crippen molar-refractivity contribution in [3.63, 3.8) is 0 Å². The zero-order chi connectivity index (χ0) is 30.4. The van der Waals surface area contributed by atoms with Crippen LogP contribution in [0.1, 0.15) is 55.4 Å². The normalized spacial score (nSPS) is 13.8.